The van der Waals surface area contributed by atoms with Crippen molar-refractivity contribution in [1.82, 2.24) is 5.32 Å². The number of hydrogen-bond acceptors (Lipinski definition) is 1. The minimum Gasteiger partial charge on any atom is -0.374 e. The first kappa shape index (κ1) is 16.1. The average molecular weight is 286 g/mol. The third-order valence-electron chi connectivity index (χ3n) is 4.58. The number of benzene rings is 1. The van der Waals surface area contributed by atoms with Gasteiger partial charge in [0.05, 0.1) is 11.9 Å². The zero-order valence-corrected chi connectivity index (χ0v) is 13.6. The number of hydrogen-bond donors (Lipinski definition) is 1. The maximum atomic E-state index is 4.96. The third kappa shape index (κ3) is 5.91. The summed E-state index contributed by atoms with van der Waals surface area (Å²) in [5, 5.41) is 3.53. The van der Waals surface area contributed by atoms with Crippen LogP contribution in [0, 0.1) is 5.92 Å². The lowest BCUT2D eigenvalue weighted by Gasteiger charge is -2.20. The molecule has 0 amide bonds. The minimum absolute atomic E-state index is 0.413. The molecule has 0 aliphatic carbocycles. The molecule has 1 saturated heterocycles. The first-order valence-corrected chi connectivity index (χ1v) is 8.60. The van der Waals surface area contributed by atoms with Gasteiger partial charge in [-0.2, -0.15) is 0 Å². The Morgan fingerprint density at radius 3 is 2.62 bits per heavy atom. The third-order valence-corrected chi connectivity index (χ3v) is 4.58. The Labute approximate surface area is 130 Å². The minimum atomic E-state index is 0.413. The summed E-state index contributed by atoms with van der Waals surface area (Å²) in [6.07, 6.45) is 8.80. The van der Waals surface area contributed by atoms with E-state index in [1.165, 1.54) is 43.5 Å². The van der Waals surface area contributed by atoms with Crippen molar-refractivity contribution in [2.45, 2.75) is 64.8 Å². The van der Waals surface area contributed by atoms with Crippen LogP contribution in [0.1, 0.15) is 57.9 Å². The molecule has 1 aliphatic rings. The molecule has 0 radical (unpaired) electrons. The molecule has 0 bridgehead atoms. The number of aryl methyl sites for hydroxylation is 1. The topological polar surface area (TPSA) is 24.4 Å². The van der Waals surface area contributed by atoms with Crippen LogP contribution in [-0.4, -0.2) is 18.4 Å². The number of nitrogens with zero attached hydrogens (tertiary/aromatic N) is 1. The zero-order valence-electron chi connectivity index (χ0n) is 13.6. The van der Waals surface area contributed by atoms with E-state index in [2.05, 4.69) is 49.5 Å². The maximum absolute atomic E-state index is 4.96. The van der Waals surface area contributed by atoms with Crippen molar-refractivity contribution < 1.29 is 0 Å². The largest absolute Gasteiger partial charge is 0.374 e. The molecule has 2 unspecified atom stereocenters. The Morgan fingerprint density at radius 1 is 1.05 bits per heavy atom. The molecular weight excluding hydrogens is 256 g/mol. The summed E-state index contributed by atoms with van der Waals surface area (Å²) in [6.45, 7) is 5.70. The first-order valence-electron chi connectivity index (χ1n) is 8.60. The summed E-state index contributed by atoms with van der Waals surface area (Å²) in [5.41, 5.74) is 1.44. The lowest BCUT2D eigenvalue weighted by atomic mass is 9.95. The number of aliphatic imine (C=N–C) groups is 1. The number of rotatable bonds is 5. The van der Waals surface area contributed by atoms with E-state index in [9.17, 15) is 0 Å². The van der Waals surface area contributed by atoms with Gasteiger partial charge in [-0.25, -0.2) is 0 Å². The fourth-order valence-electron chi connectivity index (χ4n) is 2.86. The van der Waals surface area contributed by atoms with Gasteiger partial charge >= 0.3 is 0 Å². The molecule has 1 aliphatic heterocycles. The van der Waals surface area contributed by atoms with Crippen LogP contribution in [0.4, 0.5) is 0 Å². The summed E-state index contributed by atoms with van der Waals surface area (Å²) < 4.78 is 0. The molecule has 0 saturated carbocycles. The molecular formula is C19H30N2. The summed E-state index contributed by atoms with van der Waals surface area (Å²) in [7, 11) is 0. The maximum Gasteiger partial charge on any atom is 0.0966 e. The van der Waals surface area contributed by atoms with Crippen LogP contribution >= 0.6 is 0 Å². The van der Waals surface area contributed by atoms with Gasteiger partial charge in [0.2, 0.25) is 0 Å². The van der Waals surface area contributed by atoms with Gasteiger partial charge in [0.1, 0.15) is 0 Å². The molecule has 1 heterocycles. The highest BCUT2D eigenvalue weighted by Gasteiger charge is 2.13. The second-order valence-corrected chi connectivity index (χ2v) is 6.41. The highest BCUT2D eigenvalue weighted by molar-refractivity contribution is 5.82. The van der Waals surface area contributed by atoms with Crippen molar-refractivity contribution >= 4 is 5.84 Å². The van der Waals surface area contributed by atoms with Gasteiger partial charge < -0.3 is 5.32 Å². The Kier molecular flexibility index (Phi) is 6.78. The van der Waals surface area contributed by atoms with Crippen molar-refractivity contribution in [3.8, 4) is 0 Å². The van der Waals surface area contributed by atoms with E-state index in [0.717, 1.165) is 19.4 Å². The van der Waals surface area contributed by atoms with E-state index >= 15 is 0 Å². The SMILES string of the molecule is CC(CCc1ccccc1)C(C)N=C1CCCCCCN1. The lowest BCUT2D eigenvalue weighted by Crippen LogP contribution is -2.28. The molecule has 1 N–H and O–H groups in total. The molecule has 1 aromatic carbocycles. The van der Waals surface area contributed by atoms with Crippen LogP contribution in [0.2, 0.25) is 0 Å². The van der Waals surface area contributed by atoms with Crippen LogP contribution in [0.25, 0.3) is 0 Å². The summed E-state index contributed by atoms with van der Waals surface area (Å²) in [6, 6.07) is 11.2. The normalized spacial score (nSPS) is 21.1. The Morgan fingerprint density at radius 2 is 1.81 bits per heavy atom. The van der Waals surface area contributed by atoms with Crippen LogP contribution in [0.5, 0.6) is 0 Å². The number of amidine groups is 1. The summed E-state index contributed by atoms with van der Waals surface area (Å²) >= 11 is 0. The second kappa shape index (κ2) is 8.86. The molecule has 21 heavy (non-hydrogen) atoms. The predicted octanol–water partition coefficient (Wildman–Crippen LogP) is 4.60. The van der Waals surface area contributed by atoms with Crippen molar-refractivity contribution in [3.05, 3.63) is 35.9 Å². The van der Waals surface area contributed by atoms with Crippen molar-refractivity contribution in [3.63, 3.8) is 0 Å². The lowest BCUT2D eigenvalue weighted by molar-refractivity contribution is 0.449. The van der Waals surface area contributed by atoms with Crippen molar-refractivity contribution in [1.29, 1.82) is 0 Å². The average Bonchev–Trinajstić information content (AvgIpc) is 2.48. The van der Waals surface area contributed by atoms with Gasteiger partial charge in [0, 0.05) is 13.0 Å². The Bertz CT molecular complexity index is 414. The van der Waals surface area contributed by atoms with Gasteiger partial charge in [-0.15, -0.1) is 0 Å². The smallest absolute Gasteiger partial charge is 0.0966 e. The summed E-state index contributed by atoms with van der Waals surface area (Å²) in [5.74, 6) is 1.87. The molecule has 116 valence electrons. The zero-order chi connectivity index (χ0) is 14.9. The van der Waals surface area contributed by atoms with Crippen LogP contribution in [0.3, 0.4) is 0 Å². The molecule has 0 aromatic heterocycles. The predicted molar refractivity (Wildman–Crippen MR) is 91.9 cm³/mol. The monoisotopic (exact) mass is 286 g/mol. The van der Waals surface area contributed by atoms with Gasteiger partial charge in [0.25, 0.3) is 0 Å². The molecule has 2 nitrogen and oxygen atoms in total. The molecule has 2 atom stereocenters. The molecule has 2 rings (SSSR count). The number of nitrogens with one attached hydrogen (secondary N) is 1. The van der Waals surface area contributed by atoms with Gasteiger partial charge in [-0.3, -0.25) is 4.99 Å². The van der Waals surface area contributed by atoms with E-state index < -0.39 is 0 Å². The van der Waals surface area contributed by atoms with Gasteiger partial charge in [-0.05, 0) is 44.1 Å². The van der Waals surface area contributed by atoms with E-state index in [1.807, 2.05) is 0 Å². The molecule has 1 aromatic rings. The first-order chi connectivity index (χ1) is 10.3. The van der Waals surface area contributed by atoms with E-state index in [0.29, 0.717) is 12.0 Å². The standard InChI is InChI=1S/C19H30N2/c1-16(13-14-18-10-6-5-7-11-18)17(2)21-19-12-8-3-4-9-15-20-19/h5-7,10-11,16-17H,3-4,8-9,12-15H2,1-2H3,(H,20,21). The van der Waals surface area contributed by atoms with Crippen LogP contribution in [-0.2, 0) is 6.42 Å². The Balaban J connectivity index is 1.81. The van der Waals surface area contributed by atoms with E-state index in [1.54, 1.807) is 0 Å². The van der Waals surface area contributed by atoms with Crippen molar-refractivity contribution in [2.24, 2.45) is 10.9 Å². The summed E-state index contributed by atoms with van der Waals surface area (Å²) in [4.78, 5) is 4.96. The van der Waals surface area contributed by atoms with E-state index in [-0.39, 0.29) is 0 Å². The molecule has 0 spiro atoms. The van der Waals surface area contributed by atoms with Gasteiger partial charge in [-0.1, -0.05) is 50.1 Å². The molecule has 2 heteroatoms. The van der Waals surface area contributed by atoms with Gasteiger partial charge in [0.15, 0.2) is 0 Å². The second-order valence-electron chi connectivity index (χ2n) is 6.41. The van der Waals surface area contributed by atoms with Crippen molar-refractivity contribution in [2.75, 3.05) is 6.54 Å². The quantitative estimate of drug-likeness (QED) is 0.840. The Hall–Kier alpha value is -1.31. The fourth-order valence-corrected chi connectivity index (χ4v) is 2.86. The van der Waals surface area contributed by atoms with Crippen LogP contribution in [0.15, 0.2) is 35.3 Å². The van der Waals surface area contributed by atoms with E-state index in [4.69, 9.17) is 4.99 Å². The highest BCUT2D eigenvalue weighted by Crippen LogP contribution is 2.16. The van der Waals surface area contributed by atoms with Crippen LogP contribution < -0.4 is 5.32 Å². The fraction of sp³-hybridized carbons (Fsp3) is 0.632. The molecule has 1 fully saturated rings. The highest BCUT2D eigenvalue weighted by atomic mass is 15.0.